The fourth-order valence-electron chi connectivity index (χ4n) is 1.97. The average Bonchev–Trinajstić information content (AvgIpc) is 2.40. The number of nitrogens with zero attached hydrogens (tertiary/aromatic N) is 1. The van der Waals surface area contributed by atoms with E-state index in [4.69, 9.17) is 0 Å². The smallest absolute Gasteiger partial charge is 0.153 e. The van der Waals surface area contributed by atoms with E-state index in [1.807, 2.05) is 6.07 Å². The van der Waals surface area contributed by atoms with Crippen molar-refractivity contribution in [1.82, 2.24) is 4.98 Å². The number of pyridine rings is 1. The first-order valence-corrected chi connectivity index (χ1v) is 7.52. The van der Waals surface area contributed by atoms with Gasteiger partial charge in [-0.1, -0.05) is 0 Å². The van der Waals surface area contributed by atoms with Gasteiger partial charge in [-0.25, -0.2) is 8.42 Å². The lowest BCUT2D eigenvalue weighted by Crippen LogP contribution is -2.32. The van der Waals surface area contributed by atoms with E-state index in [0.717, 1.165) is 10.0 Å². The summed E-state index contributed by atoms with van der Waals surface area (Å²) in [5, 5.41) is 10.1. The Morgan fingerprint density at radius 1 is 1.50 bits per heavy atom. The zero-order valence-corrected chi connectivity index (χ0v) is 11.0. The summed E-state index contributed by atoms with van der Waals surface area (Å²) in [6.45, 7) is 0. The Hall–Kier alpha value is -0.460. The zero-order chi connectivity index (χ0) is 11.8. The van der Waals surface area contributed by atoms with Gasteiger partial charge in [0, 0.05) is 23.3 Å². The quantitative estimate of drug-likeness (QED) is 0.883. The van der Waals surface area contributed by atoms with Gasteiger partial charge in [0.1, 0.15) is 0 Å². The van der Waals surface area contributed by atoms with E-state index in [1.165, 1.54) is 0 Å². The molecule has 6 heteroatoms. The zero-order valence-electron chi connectivity index (χ0n) is 8.56. The van der Waals surface area contributed by atoms with Gasteiger partial charge in [-0.2, -0.15) is 0 Å². The highest BCUT2D eigenvalue weighted by Gasteiger charge is 2.40. The van der Waals surface area contributed by atoms with Crippen LogP contribution in [-0.4, -0.2) is 35.6 Å². The van der Waals surface area contributed by atoms with Crippen molar-refractivity contribution in [3.8, 4) is 0 Å². The molecule has 1 atom stereocenters. The van der Waals surface area contributed by atoms with Gasteiger partial charge >= 0.3 is 0 Å². The van der Waals surface area contributed by atoms with Gasteiger partial charge in [0.05, 0.1) is 17.1 Å². The Balaban J connectivity index is 2.16. The molecule has 1 unspecified atom stereocenters. The predicted molar refractivity (Wildman–Crippen MR) is 63.9 cm³/mol. The number of hydrogen-bond donors (Lipinski definition) is 1. The fourth-order valence-corrected chi connectivity index (χ4v) is 4.28. The first-order chi connectivity index (χ1) is 7.39. The molecular formula is C10H12BrNO3S. The Morgan fingerprint density at radius 3 is 2.81 bits per heavy atom. The van der Waals surface area contributed by atoms with Crippen LogP contribution in [0.5, 0.6) is 0 Å². The summed E-state index contributed by atoms with van der Waals surface area (Å²) in [6, 6.07) is 1.84. The van der Waals surface area contributed by atoms with Crippen LogP contribution in [0.2, 0.25) is 0 Å². The van der Waals surface area contributed by atoms with Crippen LogP contribution in [0.3, 0.4) is 0 Å². The van der Waals surface area contributed by atoms with Crippen molar-refractivity contribution in [3.63, 3.8) is 0 Å². The van der Waals surface area contributed by atoms with Gasteiger partial charge in [-0.05, 0) is 34.0 Å². The molecule has 88 valence electrons. The third-order valence-electron chi connectivity index (χ3n) is 2.66. The summed E-state index contributed by atoms with van der Waals surface area (Å²) in [5.74, 6) is -0.0720. The van der Waals surface area contributed by atoms with Crippen molar-refractivity contribution < 1.29 is 13.5 Å². The first kappa shape index (κ1) is 12.0. The lowest BCUT2D eigenvalue weighted by atomic mass is 9.95. The molecule has 1 aliphatic rings. The molecule has 1 saturated heterocycles. The highest BCUT2D eigenvalue weighted by atomic mass is 79.9. The van der Waals surface area contributed by atoms with Gasteiger partial charge in [-0.15, -0.1) is 0 Å². The molecule has 2 rings (SSSR count). The minimum Gasteiger partial charge on any atom is -0.388 e. The maximum absolute atomic E-state index is 11.3. The number of hydrogen-bond acceptors (Lipinski definition) is 4. The highest BCUT2D eigenvalue weighted by molar-refractivity contribution is 9.10. The van der Waals surface area contributed by atoms with Gasteiger partial charge in [-0.3, -0.25) is 4.98 Å². The molecule has 0 aliphatic carbocycles. The van der Waals surface area contributed by atoms with Gasteiger partial charge in [0.25, 0.3) is 0 Å². The summed E-state index contributed by atoms with van der Waals surface area (Å²) in [6.07, 6.45) is 3.94. The minimum absolute atomic E-state index is 0.0743. The van der Waals surface area contributed by atoms with Crippen molar-refractivity contribution >= 4 is 25.8 Å². The van der Waals surface area contributed by atoms with Crippen LogP contribution in [0, 0.1) is 0 Å². The molecule has 0 radical (unpaired) electrons. The summed E-state index contributed by atoms with van der Waals surface area (Å²) in [5.41, 5.74) is -0.282. The molecule has 0 bridgehead atoms. The summed E-state index contributed by atoms with van der Waals surface area (Å²) in [4.78, 5) is 3.99. The molecule has 0 amide bonds. The van der Waals surface area contributed by atoms with E-state index >= 15 is 0 Å². The lowest BCUT2D eigenvalue weighted by Gasteiger charge is -2.20. The number of halogens is 1. The molecule has 2 heterocycles. The van der Waals surface area contributed by atoms with Crippen LogP contribution in [0.4, 0.5) is 0 Å². The number of aromatic nitrogens is 1. The maximum Gasteiger partial charge on any atom is 0.153 e. The van der Waals surface area contributed by atoms with Gasteiger partial charge in [0.15, 0.2) is 9.84 Å². The van der Waals surface area contributed by atoms with E-state index in [2.05, 4.69) is 20.9 Å². The number of aliphatic hydroxyl groups is 1. The van der Waals surface area contributed by atoms with Crippen molar-refractivity contribution in [3.05, 3.63) is 28.5 Å². The number of sulfone groups is 1. The maximum atomic E-state index is 11.3. The van der Waals surface area contributed by atoms with Crippen LogP contribution in [0.1, 0.15) is 12.0 Å². The van der Waals surface area contributed by atoms with Crippen molar-refractivity contribution in [2.75, 3.05) is 11.5 Å². The third kappa shape index (κ3) is 2.81. The predicted octanol–water partition coefficient (Wildman–Crippen LogP) is 0.936. The minimum atomic E-state index is -3.07. The van der Waals surface area contributed by atoms with Gasteiger partial charge in [0.2, 0.25) is 0 Å². The molecule has 16 heavy (non-hydrogen) atoms. The van der Waals surface area contributed by atoms with Crippen LogP contribution in [-0.2, 0) is 16.3 Å². The topological polar surface area (TPSA) is 67.3 Å². The van der Waals surface area contributed by atoms with Gasteiger partial charge < -0.3 is 5.11 Å². The van der Waals surface area contributed by atoms with Crippen LogP contribution < -0.4 is 0 Å². The monoisotopic (exact) mass is 305 g/mol. The molecule has 1 aliphatic heterocycles. The van der Waals surface area contributed by atoms with Crippen LogP contribution in [0.25, 0.3) is 0 Å². The second kappa shape index (κ2) is 4.09. The Kier molecular flexibility index (Phi) is 3.07. The van der Waals surface area contributed by atoms with E-state index < -0.39 is 15.4 Å². The standard InChI is InChI=1S/C10H12BrNO3S/c11-9-3-8(5-12-6-9)4-10(13)1-2-16(14,15)7-10/h3,5-6,13H,1-2,4,7H2. The summed E-state index contributed by atoms with van der Waals surface area (Å²) >= 11 is 3.29. The summed E-state index contributed by atoms with van der Waals surface area (Å²) < 4.78 is 23.5. The Labute approximate surface area is 103 Å². The Bertz CT molecular complexity index is 503. The largest absolute Gasteiger partial charge is 0.388 e. The molecule has 0 aromatic carbocycles. The molecule has 4 nitrogen and oxygen atoms in total. The fraction of sp³-hybridized carbons (Fsp3) is 0.500. The van der Waals surface area contributed by atoms with Crippen molar-refractivity contribution in [1.29, 1.82) is 0 Å². The molecule has 1 aromatic heterocycles. The lowest BCUT2D eigenvalue weighted by molar-refractivity contribution is 0.0681. The van der Waals surface area contributed by atoms with Crippen molar-refractivity contribution in [2.24, 2.45) is 0 Å². The SMILES string of the molecule is O=S1(=O)CCC(O)(Cc2cncc(Br)c2)C1. The van der Waals surface area contributed by atoms with Crippen molar-refractivity contribution in [2.45, 2.75) is 18.4 Å². The first-order valence-electron chi connectivity index (χ1n) is 4.91. The van der Waals surface area contributed by atoms with E-state index in [-0.39, 0.29) is 11.5 Å². The molecule has 0 spiro atoms. The molecular weight excluding hydrogens is 294 g/mol. The van der Waals surface area contributed by atoms with E-state index in [9.17, 15) is 13.5 Å². The highest BCUT2D eigenvalue weighted by Crippen LogP contribution is 2.27. The number of rotatable bonds is 2. The normalized spacial score (nSPS) is 28.1. The third-order valence-corrected chi connectivity index (χ3v) is 4.90. The summed E-state index contributed by atoms with van der Waals surface area (Å²) in [7, 11) is -3.07. The molecule has 1 N–H and O–H groups in total. The molecule has 0 saturated carbocycles. The Morgan fingerprint density at radius 2 is 2.25 bits per heavy atom. The van der Waals surface area contributed by atoms with Crippen LogP contribution in [0.15, 0.2) is 22.9 Å². The second-order valence-electron chi connectivity index (χ2n) is 4.25. The van der Waals surface area contributed by atoms with Crippen LogP contribution >= 0.6 is 15.9 Å². The molecule has 1 aromatic rings. The van der Waals surface area contributed by atoms with E-state index in [1.54, 1.807) is 12.4 Å². The average molecular weight is 306 g/mol. The van der Waals surface area contributed by atoms with E-state index in [0.29, 0.717) is 12.8 Å². The second-order valence-corrected chi connectivity index (χ2v) is 7.35. The molecule has 1 fully saturated rings.